The Morgan fingerprint density at radius 3 is 2.37 bits per heavy atom. The van der Waals surface area contributed by atoms with Gasteiger partial charge in [0.05, 0.1) is 10.6 Å². The van der Waals surface area contributed by atoms with E-state index in [1.165, 1.54) is 24.3 Å². The van der Waals surface area contributed by atoms with E-state index in [1.807, 2.05) is 0 Å². The fraction of sp³-hybridized carbons (Fsp3) is 0.143. The number of hydrogen-bond donors (Lipinski definition) is 1. The molecule has 0 saturated heterocycles. The predicted molar refractivity (Wildman–Crippen MR) is 73.1 cm³/mol. The maximum atomic E-state index is 13.2. The molecular formula is C14H14FNO2S. The van der Waals surface area contributed by atoms with E-state index in [4.69, 9.17) is 0 Å². The Hall–Kier alpha value is -1.88. The van der Waals surface area contributed by atoms with Crippen molar-refractivity contribution in [3.05, 3.63) is 59.4 Å². The maximum Gasteiger partial charge on any atom is 0.262 e. The summed E-state index contributed by atoms with van der Waals surface area (Å²) >= 11 is 0. The summed E-state index contributed by atoms with van der Waals surface area (Å²) in [6.45, 7) is 3.43. The molecule has 2 aromatic rings. The summed E-state index contributed by atoms with van der Waals surface area (Å²) in [7, 11) is -3.70. The van der Waals surface area contributed by atoms with E-state index in [-0.39, 0.29) is 10.6 Å². The van der Waals surface area contributed by atoms with Crippen molar-refractivity contribution in [1.29, 1.82) is 0 Å². The molecule has 0 saturated carbocycles. The van der Waals surface area contributed by atoms with Crippen LogP contribution in [-0.4, -0.2) is 8.42 Å². The third-order valence-corrected chi connectivity index (χ3v) is 4.35. The van der Waals surface area contributed by atoms with Gasteiger partial charge in [-0.05, 0) is 43.2 Å². The Morgan fingerprint density at radius 2 is 1.68 bits per heavy atom. The van der Waals surface area contributed by atoms with Crippen molar-refractivity contribution < 1.29 is 12.8 Å². The molecule has 19 heavy (non-hydrogen) atoms. The van der Waals surface area contributed by atoms with Crippen molar-refractivity contribution in [2.45, 2.75) is 18.7 Å². The van der Waals surface area contributed by atoms with Crippen molar-refractivity contribution in [1.82, 2.24) is 0 Å². The standard InChI is InChI=1S/C14H14FNO2S/c1-10-7-8-12(15)9-13(10)16-19(17,18)14-6-4-3-5-11(14)2/h3-9,16H,1-2H3. The maximum absolute atomic E-state index is 13.2. The molecule has 0 bridgehead atoms. The Balaban J connectivity index is 2.43. The van der Waals surface area contributed by atoms with Gasteiger partial charge < -0.3 is 0 Å². The molecule has 0 aliphatic rings. The first kappa shape index (κ1) is 13.5. The van der Waals surface area contributed by atoms with Crippen LogP contribution in [0.2, 0.25) is 0 Å². The molecule has 0 amide bonds. The largest absolute Gasteiger partial charge is 0.279 e. The number of benzene rings is 2. The van der Waals surface area contributed by atoms with Crippen molar-refractivity contribution >= 4 is 15.7 Å². The molecular weight excluding hydrogens is 265 g/mol. The van der Waals surface area contributed by atoms with Crippen LogP contribution in [0.15, 0.2) is 47.4 Å². The summed E-state index contributed by atoms with van der Waals surface area (Å²) in [5, 5.41) is 0. The van der Waals surface area contributed by atoms with Crippen molar-refractivity contribution in [3.8, 4) is 0 Å². The number of anilines is 1. The molecule has 2 aromatic carbocycles. The average Bonchev–Trinajstić information content (AvgIpc) is 2.34. The van der Waals surface area contributed by atoms with E-state index in [2.05, 4.69) is 4.72 Å². The summed E-state index contributed by atoms with van der Waals surface area (Å²) in [5.41, 5.74) is 1.56. The highest BCUT2D eigenvalue weighted by atomic mass is 32.2. The van der Waals surface area contributed by atoms with Gasteiger partial charge in [-0.2, -0.15) is 0 Å². The predicted octanol–water partition coefficient (Wildman–Crippen LogP) is 3.24. The van der Waals surface area contributed by atoms with Crippen LogP contribution >= 0.6 is 0 Å². The van der Waals surface area contributed by atoms with Gasteiger partial charge in [0.15, 0.2) is 0 Å². The second-order valence-corrected chi connectivity index (χ2v) is 5.98. The Kier molecular flexibility index (Phi) is 3.57. The third kappa shape index (κ3) is 2.93. The highest BCUT2D eigenvalue weighted by Crippen LogP contribution is 2.22. The van der Waals surface area contributed by atoms with Crippen LogP contribution in [0, 0.1) is 19.7 Å². The summed E-state index contributed by atoms with van der Waals surface area (Å²) in [5.74, 6) is -0.479. The second kappa shape index (κ2) is 5.01. The monoisotopic (exact) mass is 279 g/mol. The van der Waals surface area contributed by atoms with Crippen LogP contribution in [-0.2, 0) is 10.0 Å². The fourth-order valence-electron chi connectivity index (χ4n) is 1.76. The zero-order valence-electron chi connectivity index (χ0n) is 10.6. The molecule has 100 valence electrons. The van der Waals surface area contributed by atoms with Gasteiger partial charge in [-0.25, -0.2) is 12.8 Å². The SMILES string of the molecule is Cc1ccc(F)cc1NS(=O)(=O)c1ccccc1C. The van der Waals surface area contributed by atoms with Crippen molar-refractivity contribution in [2.75, 3.05) is 4.72 Å². The first-order valence-electron chi connectivity index (χ1n) is 5.75. The summed E-state index contributed by atoms with van der Waals surface area (Å²) < 4.78 is 40.1. The lowest BCUT2D eigenvalue weighted by atomic mass is 10.2. The fourth-order valence-corrected chi connectivity index (χ4v) is 3.13. The Bertz CT molecular complexity index is 711. The van der Waals surface area contributed by atoms with Gasteiger partial charge in [-0.3, -0.25) is 4.72 Å². The average molecular weight is 279 g/mol. The molecule has 0 fully saturated rings. The molecule has 0 unspecified atom stereocenters. The first-order chi connectivity index (χ1) is 8.90. The topological polar surface area (TPSA) is 46.2 Å². The zero-order valence-corrected chi connectivity index (χ0v) is 11.5. The van der Waals surface area contributed by atoms with Crippen LogP contribution in [0.4, 0.5) is 10.1 Å². The normalized spacial score (nSPS) is 11.3. The van der Waals surface area contributed by atoms with Gasteiger partial charge in [0, 0.05) is 0 Å². The van der Waals surface area contributed by atoms with E-state index in [0.29, 0.717) is 11.1 Å². The van der Waals surface area contributed by atoms with Crippen LogP contribution in [0.25, 0.3) is 0 Å². The van der Waals surface area contributed by atoms with Gasteiger partial charge in [0.2, 0.25) is 0 Å². The lowest BCUT2D eigenvalue weighted by molar-refractivity contribution is 0.600. The number of aryl methyl sites for hydroxylation is 2. The van der Waals surface area contributed by atoms with Crippen LogP contribution < -0.4 is 4.72 Å². The molecule has 0 radical (unpaired) electrons. The quantitative estimate of drug-likeness (QED) is 0.937. The van der Waals surface area contributed by atoms with E-state index in [1.54, 1.807) is 32.0 Å². The Labute approximate surface area is 112 Å². The summed E-state index contributed by atoms with van der Waals surface area (Å²) in [4.78, 5) is 0.193. The van der Waals surface area contributed by atoms with Crippen LogP contribution in [0.1, 0.15) is 11.1 Å². The van der Waals surface area contributed by atoms with Crippen molar-refractivity contribution in [2.24, 2.45) is 0 Å². The number of rotatable bonds is 3. The minimum Gasteiger partial charge on any atom is -0.279 e. The minimum atomic E-state index is -3.70. The molecule has 0 aromatic heterocycles. The Morgan fingerprint density at radius 1 is 1.00 bits per heavy atom. The third-order valence-electron chi connectivity index (χ3n) is 2.83. The van der Waals surface area contributed by atoms with Crippen LogP contribution in [0.5, 0.6) is 0 Å². The first-order valence-corrected chi connectivity index (χ1v) is 7.23. The van der Waals surface area contributed by atoms with Gasteiger partial charge >= 0.3 is 0 Å². The number of nitrogens with one attached hydrogen (secondary N) is 1. The number of halogens is 1. The molecule has 0 aliphatic heterocycles. The van der Waals surface area contributed by atoms with Gasteiger partial charge in [0.1, 0.15) is 5.82 Å². The van der Waals surface area contributed by atoms with E-state index >= 15 is 0 Å². The smallest absolute Gasteiger partial charge is 0.262 e. The molecule has 5 heteroatoms. The van der Waals surface area contributed by atoms with Gasteiger partial charge in [0.25, 0.3) is 10.0 Å². The van der Waals surface area contributed by atoms with Gasteiger partial charge in [-0.15, -0.1) is 0 Å². The molecule has 3 nitrogen and oxygen atoms in total. The molecule has 0 aliphatic carbocycles. The minimum absolute atomic E-state index is 0.193. The molecule has 2 rings (SSSR count). The van der Waals surface area contributed by atoms with E-state index < -0.39 is 15.8 Å². The van der Waals surface area contributed by atoms with Gasteiger partial charge in [-0.1, -0.05) is 24.3 Å². The lowest BCUT2D eigenvalue weighted by Crippen LogP contribution is -2.15. The number of sulfonamides is 1. The molecule has 0 atom stereocenters. The number of hydrogen-bond acceptors (Lipinski definition) is 2. The second-order valence-electron chi connectivity index (χ2n) is 4.33. The molecule has 1 N–H and O–H groups in total. The summed E-state index contributed by atoms with van der Waals surface area (Å²) in [6, 6.07) is 10.7. The highest BCUT2D eigenvalue weighted by Gasteiger charge is 2.17. The molecule has 0 spiro atoms. The lowest BCUT2D eigenvalue weighted by Gasteiger charge is -2.12. The van der Waals surface area contributed by atoms with E-state index in [0.717, 1.165) is 0 Å². The van der Waals surface area contributed by atoms with E-state index in [9.17, 15) is 12.8 Å². The molecule has 0 heterocycles. The highest BCUT2D eigenvalue weighted by molar-refractivity contribution is 7.92. The zero-order chi connectivity index (χ0) is 14.0. The van der Waals surface area contributed by atoms with Crippen LogP contribution in [0.3, 0.4) is 0 Å². The van der Waals surface area contributed by atoms with Crippen molar-refractivity contribution in [3.63, 3.8) is 0 Å². The summed E-state index contributed by atoms with van der Waals surface area (Å²) in [6.07, 6.45) is 0.